The molecule has 3 nitrogen and oxygen atoms in total. The number of urea groups is 1. The Hall–Kier alpha value is -0.510. The SMILES string of the molecule is NC(=O)N=CCS. The molecule has 0 heterocycles. The van der Waals surface area contributed by atoms with Crippen LogP contribution in [0.15, 0.2) is 4.99 Å². The minimum absolute atomic E-state index is 0.447. The van der Waals surface area contributed by atoms with Gasteiger partial charge in [-0.25, -0.2) is 9.79 Å². The number of hydrogen-bond acceptors (Lipinski definition) is 2. The molecule has 0 aromatic heterocycles. The predicted octanol–water partition coefficient (Wildman–Crippen LogP) is 0.0657. The van der Waals surface area contributed by atoms with Gasteiger partial charge in [0.15, 0.2) is 0 Å². The van der Waals surface area contributed by atoms with Gasteiger partial charge >= 0.3 is 6.03 Å². The number of nitrogens with two attached hydrogens (primary N) is 1. The van der Waals surface area contributed by atoms with Crippen molar-refractivity contribution < 1.29 is 4.79 Å². The average Bonchev–Trinajstić information content (AvgIpc) is 1.61. The number of carbonyl (C=O) groups is 1. The lowest BCUT2D eigenvalue weighted by Gasteiger charge is -1.74. The average molecular weight is 118 g/mol. The maximum atomic E-state index is 9.75. The van der Waals surface area contributed by atoms with E-state index in [4.69, 9.17) is 0 Å². The molecule has 0 aromatic rings. The van der Waals surface area contributed by atoms with Crippen LogP contribution in [0.5, 0.6) is 0 Å². The zero-order chi connectivity index (χ0) is 5.70. The van der Waals surface area contributed by atoms with Gasteiger partial charge in [-0.1, -0.05) is 0 Å². The highest BCUT2D eigenvalue weighted by Crippen LogP contribution is 1.67. The number of primary amides is 1. The van der Waals surface area contributed by atoms with Crippen molar-refractivity contribution in [1.29, 1.82) is 0 Å². The molecule has 0 saturated carbocycles. The van der Waals surface area contributed by atoms with Crippen LogP contribution in [-0.4, -0.2) is 18.0 Å². The molecule has 40 valence electrons. The number of rotatable bonds is 1. The summed E-state index contributed by atoms with van der Waals surface area (Å²) in [5.74, 6) is 0.447. The second-order valence-electron chi connectivity index (χ2n) is 0.832. The molecule has 0 unspecified atom stereocenters. The number of aliphatic imine (C=N–C) groups is 1. The van der Waals surface area contributed by atoms with Crippen LogP contribution in [0.1, 0.15) is 0 Å². The molecule has 0 atom stereocenters. The summed E-state index contributed by atoms with van der Waals surface area (Å²) in [7, 11) is 0. The van der Waals surface area contributed by atoms with Gasteiger partial charge in [0, 0.05) is 12.0 Å². The molecule has 7 heavy (non-hydrogen) atoms. The molecule has 0 aliphatic carbocycles. The van der Waals surface area contributed by atoms with Gasteiger partial charge in [0.2, 0.25) is 0 Å². The van der Waals surface area contributed by atoms with Crippen molar-refractivity contribution in [1.82, 2.24) is 0 Å². The van der Waals surface area contributed by atoms with Gasteiger partial charge in [0.25, 0.3) is 0 Å². The summed E-state index contributed by atoms with van der Waals surface area (Å²) in [6, 6.07) is -0.672. The number of thiol groups is 1. The maximum Gasteiger partial charge on any atom is 0.337 e. The Labute approximate surface area is 47.0 Å². The summed E-state index contributed by atoms with van der Waals surface area (Å²) in [5.41, 5.74) is 4.61. The highest BCUT2D eigenvalue weighted by Gasteiger charge is 1.76. The maximum absolute atomic E-state index is 9.75. The van der Waals surface area contributed by atoms with E-state index < -0.39 is 6.03 Å². The van der Waals surface area contributed by atoms with Crippen LogP contribution in [0.3, 0.4) is 0 Å². The van der Waals surface area contributed by atoms with E-state index in [9.17, 15) is 4.79 Å². The van der Waals surface area contributed by atoms with Gasteiger partial charge in [-0.3, -0.25) is 0 Å². The van der Waals surface area contributed by atoms with Crippen LogP contribution in [0.4, 0.5) is 4.79 Å². The van der Waals surface area contributed by atoms with Crippen LogP contribution in [0.2, 0.25) is 0 Å². The third-order valence-corrected chi connectivity index (χ3v) is 0.463. The fourth-order valence-electron chi connectivity index (χ4n) is 0.131. The van der Waals surface area contributed by atoms with E-state index >= 15 is 0 Å². The third kappa shape index (κ3) is 5.49. The molecule has 0 aromatic carbocycles. The minimum atomic E-state index is -0.672. The van der Waals surface area contributed by atoms with Crippen LogP contribution in [-0.2, 0) is 0 Å². The Kier molecular flexibility index (Phi) is 3.40. The van der Waals surface area contributed by atoms with Gasteiger partial charge in [0.05, 0.1) is 0 Å². The number of hydrogen-bond donors (Lipinski definition) is 2. The number of carbonyl (C=O) groups excluding carboxylic acids is 1. The Bertz CT molecular complexity index is 90.9. The van der Waals surface area contributed by atoms with Gasteiger partial charge in [0.1, 0.15) is 0 Å². The normalized spacial score (nSPS) is 9.86. The molecule has 0 spiro atoms. The molecule has 0 saturated heterocycles. The summed E-state index contributed by atoms with van der Waals surface area (Å²) in [4.78, 5) is 12.9. The van der Waals surface area contributed by atoms with Crippen molar-refractivity contribution in [3.05, 3.63) is 0 Å². The van der Waals surface area contributed by atoms with E-state index in [1.807, 2.05) is 0 Å². The van der Waals surface area contributed by atoms with E-state index in [-0.39, 0.29) is 0 Å². The van der Waals surface area contributed by atoms with Crippen molar-refractivity contribution in [2.24, 2.45) is 10.7 Å². The van der Waals surface area contributed by atoms with Crippen molar-refractivity contribution in [2.75, 3.05) is 5.75 Å². The quantitative estimate of drug-likeness (QED) is 0.371. The second-order valence-corrected chi connectivity index (χ2v) is 1.20. The second kappa shape index (κ2) is 3.67. The van der Waals surface area contributed by atoms with Gasteiger partial charge < -0.3 is 5.73 Å². The summed E-state index contributed by atoms with van der Waals surface area (Å²) in [5, 5.41) is 0. The Morgan fingerprint density at radius 3 is 2.71 bits per heavy atom. The van der Waals surface area contributed by atoms with E-state index in [0.717, 1.165) is 0 Å². The van der Waals surface area contributed by atoms with Gasteiger partial charge in [-0.15, -0.1) is 0 Å². The van der Waals surface area contributed by atoms with E-state index in [0.29, 0.717) is 5.75 Å². The van der Waals surface area contributed by atoms with Gasteiger partial charge in [-0.05, 0) is 0 Å². The number of amides is 2. The van der Waals surface area contributed by atoms with Crippen LogP contribution >= 0.6 is 12.6 Å². The summed E-state index contributed by atoms with van der Waals surface area (Å²) < 4.78 is 0. The summed E-state index contributed by atoms with van der Waals surface area (Å²) >= 11 is 3.74. The van der Waals surface area contributed by atoms with Crippen LogP contribution in [0, 0.1) is 0 Å². The van der Waals surface area contributed by atoms with E-state index in [2.05, 4.69) is 23.4 Å². The molecule has 2 N–H and O–H groups in total. The lowest BCUT2D eigenvalue weighted by Crippen LogP contribution is -2.03. The van der Waals surface area contributed by atoms with Crippen LogP contribution < -0.4 is 5.73 Å². The van der Waals surface area contributed by atoms with Crippen LogP contribution in [0.25, 0.3) is 0 Å². The largest absolute Gasteiger partial charge is 0.350 e. The standard InChI is InChI=1S/C3H6N2OS/c4-3(6)5-1-2-7/h1,7H,2H2,(H2,4,6). The third-order valence-electron chi connectivity index (χ3n) is 0.300. The lowest BCUT2D eigenvalue weighted by molar-refractivity contribution is 0.257. The molecule has 0 radical (unpaired) electrons. The first-order valence-corrected chi connectivity index (χ1v) is 2.33. The highest BCUT2D eigenvalue weighted by atomic mass is 32.1. The molecule has 0 fully saturated rings. The molecule has 0 aliphatic rings. The van der Waals surface area contributed by atoms with Crippen molar-refractivity contribution >= 4 is 24.9 Å². The Morgan fingerprint density at radius 2 is 2.57 bits per heavy atom. The zero-order valence-electron chi connectivity index (χ0n) is 3.66. The lowest BCUT2D eigenvalue weighted by atomic mass is 10.8. The van der Waals surface area contributed by atoms with Gasteiger partial charge in [-0.2, -0.15) is 12.6 Å². The first kappa shape index (κ1) is 6.49. The summed E-state index contributed by atoms with van der Waals surface area (Å²) in [6.45, 7) is 0. The highest BCUT2D eigenvalue weighted by molar-refractivity contribution is 7.80. The first-order chi connectivity index (χ1) is 3.27. The van der Waals surface area contributed by atoms with Crippen molar-refractivity contribution in [3.63, 3.8) is 0 Å². The zero-order valence-corrected chi connectivity index (χ0v) is 4.56. The number of nitrogens with zero attached hydrogens (tertiary/aromatic N) is 1. The summed E-state index contributed by atoms with van der Waals surface area (Å²) in [6.07, 6.45) is 1.34. The topological polar surface area (TPSA) is 55.5 Å². The smallest absolute Gasteiger partial charge is 0.337 e. The van der Waals surface area contributed by atoms with E-state index in [1.165, 1.54) is 6.21 Å². The van der Waals surface area contributed by atoms with Crippen molar-refractivity contribution in [2.45, 2.75) is 0 Å². The molecule has 4 heteroatoms. The molecular formula is C3H6N2OS. The fourth-order valence-corrected chi connectivity index (χ4v) is 0.212. The Morgan fingerprint density at radius 1 is 2.00 bits per heavy atom. The minimum Gasteiger partial charge on any atom is -0.350 e. The molecular weight excluding hydrogens is 112 g/mol. The molecule has 0 rings (SSSR count). The molecule has 0 aliphatic heterocycles. The van der Waals surface area contributed by atoms with Crippen molar-refractivity contribution in [3.8, 4) is 0 Å². The fraction of sp³-hybridized carbons (Fsp3) is 0.333. The Balaban J connectivity index is 3.26. The van der Waals surface area contributed by atoms with E-state index in [1.54, 1.807) is 0 Å². The molecule has 2 amide bonds. The monoisotopic (exact) mass is 118 g/mol. The molecule has 0 bridgehead atoms. The first-order valence-electron chi connectivity index (χ1n) is 1.70. The predicted molar refractivity (Wildman–Crippen MR) is 31.9 cm³/mol.